The summed E-state index contributed by atoms with van der Waals surface area (Å²) in [4.78, 5) is 39.8. The molecule has 3 amide bonds. The summed E-state index contributed by atoms with van der Waals surface area (Å²) >= 11 is 0. The van der Waals surface area contributed by atoms with Crippen molar-refractivity contribution in [1.82, 2.24) is 9.62 Å². The van der Waals surface area contributed by atoms with Crippen LogP contribution >= 0.6 is 0 Å². The molecule has 1 heterocycles. The van der Waals surface area contributed by atoms with Crippen molar-refractivity contribution in [2.45, 2.75) is 90.7 Å². The van der Waals surface area contributed by atoms with Gasteiger partial charge in [0, 0.05) is 31.4 Å². The zero-order chi connectivity index (χ0) is 32.4. The van der Waals surface area contributed by atoms with E-state index in [0.29, 0.717) is 17.7 Å². The van der Waals surface area contributed by atoms with Gasteiger partial charge in [0.25, 0.3) is 5.91 Å². The van der Waals surface area contributed by atoms with Gasteiger partial charge >= 0.3 is 6.09 Å². The maximum atomic E-state index is 13.4. The van der Waals surface area contributed by atoms with E-state index < -0.39 is 33.2 Å². The van der Waals surface area contributed by atoms with Gasteiger partial charge in [-0.05, 0) is 132 Å². The first kappa shape index (κ1) is 33.5. The van der Waals surface area contributed by atoms with E-state index in [2.05, 4.69) is 5.32 Å². The Bertz CT molecular complexity index is 1510. The lowest BCUT2D eigenvalue weighted by Gasteiger charge is -2.39. The number of piperidine rings is 1. The SMILES string of the molecule is Cc1cc(N(C)C(=O)OC(C)(C)C)cc(C)c1CCS(=O)(=O)N1CCC(NC(=O)c2ccc3c(c2)CCCC3)(C(N)=O)CC1. The highest BCUT2D eigenvalue weighted by Gasteiger charge is 2.43. The molecule has 2 aliphatic rings. The Morgan fingerprint density at radius 2 is 1.59 bits per heavy atom. The lowest BCUT2D eigenvalue weighted by molar-refractivity contribution is -0.125. The summed E-state index contributed by atoms with van der Waals surface area (Å²) in [6.07, 6.45) is 4.18. The number of nitrogens with one attached hydrogen (secondary N) is 1. The molecule has 1 aliphatic heterocycles. The molecule has 0 saturated carbocycles. The van der Waals surface area contributed by atoms with Gasteiger partial charge in [-0.1, -0.05) is 6.07 Å². The van der Waals surface area contributed by atoms with Crippen LogP contribution in [-0.4, -0.2) is 67.7 Å². The summed E-state index contributed by atoms with van der Waals surface area (Å²) in [5.41, 5.74) is 10.1. The van der Waals surface area contributed by atoms with Crippen LogP contribution < -0.4 is 16.0 Å². The molecular weight excluding hydrogens is 580 g/mol. The molecule has 2 aromatic rings. The fourth-order valence-electron chi connectivity index (χ4n) is 6.10. The minimum absolute atomic E-state index is 0.0767. The fourth-order valence-corrected chi connectivity index (χ4v) is 7.56. The van der Waals surface area contributed by atoms with Crippen LogP contribution in [0.15, 0.2) is 30.3 Å². The maximum Gasteiger partial charge on any atom is 0.414 e. The van der Waals surface area contributed by atoms with Crippen LogP contribution in [0.4, 0.5) is 10.5 Å². The van der Waals surface area contributed by atoms with Crippen molar-refractivity contribution in [3.05, 3.63) is 63.7 Å². The molecule has 11 heteroatoms. The zero-order valence-electron chi connectivity index (χ0n) is 26.8. The van der Waals surface area contributed by atoms with Gasteiger partial charge in [-0.15, -0.1) is 0 Å². The standard InChI is InChI=1S/C33H46N4O6S/c1-22-19-27(36(6)31(40)43-32(3,4)5)20-23(2)28(22)13-18-44(41,42)37-16-14-33(15-17-37,30(34)39)35-29(38)26-12-11-24-9-7-8-10-25(24)21-26/h11-12,19-21H,7-10,13-18H2,1-6H3,(H2,34,39)(H,35,38). The number of primary amides is 1. The summed E-state index contributed by atoms with van der Waals surface area (Å²) < 4.78 is 33.6. The molecule has 0 spiro atoms. The average molecular weight is 627 g/mol. The van der Waals surface area contributed by atoms with E-state index >= 15 is 0 Å². The van der Waals surface area contributed by atoms with Crippen LogP contribution in [-0.2, 0) is 38.8 Å². The van der Waals surface area contributed by atoms with E-state index in [9.17, 15) is 22.8 Å². The number of amides is 3. The minimum Gasteiger partial charge on any atom is -0.443 e. The molecule has 0 aromatic heterocycles. The number of hydrogen-bond acceptors (Lipinski definition) is 6. The molecule has 2 aromatic carbocycles. The third-order valence-electron chi connectivity index (χ3n) is 8.75. The lowest BCUT2D eigenvalue weighted by atomic mass is 9.86. The predicted molar refractivity (Wildman–Crippen MR) is 171 cm³/mol. The molecule has 1 saturated heterocycles. The molecule has 0 bridgehead atoms. The smallest absolute Gasteiger partial charge is 0.414 e. The van der Waals surface area contributed by atoms with Crippen LogP contribution in [0.3, 0.4) is 0 Å². The first-order chi connectivity index (χ1) is 20.5. The largest absolute Gasteiger partial charge is 0.443 e. The summed E-state index contributed by atoms with van der Waals surface area (Å²) in [7, 11) is -2.02. The first-order valence-corrected chi connectivity index (χ1v) is 16.9. The number of aryl methyl sites for hydroxylation is 4. The second-order valence-corrected chi connectivity index (χ2v) is 15.2. The van der Waals surface area contributed by atoms with Gasteiger partial charge in [0.1, 0.15) is 11.1 Å². The van der Waals surface area contributed by atoms with Crippen LogP contribution in [0.25, 0.3) is 0 Å². The van der Waals surface area contributed by atoms with E-state index in [1.54, 1.807) is 33.9 Å². The molecule has 0 unspecified atom stereocenters. The number of nitrogens with zero attached hydrogens (tertiary/aromatic N) is 2. The van der Waals surface area contributed by atoms with Gasteiger partial charge in [-0.3, -0.25) is 14.5 Å². The van der Waals surface area contributed by atoms with Gasteiger partial charge in [0.2, 0.25) is 15.9 Å². The van der Waals surface area contributed by atoms with Gasteiger partial charge in [-0.2, -0.15) is 0 Å². The number of rotatable bonds is 8. The second kappa shape index (κ2) is 12.9. The number of carbonyl (C=O) groups excluding carboxylic acids is 3. The van der Waals surface area contributed by atoms with Crippen molar-refractivity contribution in [2.75, 3.05) is 30.8 Å². The topological polar surface area (TPSA) is 139 Å². The summed E-state index contributed by atoms with van der Waals surface area (Å²) in [5.74, 6) is -1.15. The Hall–Kier alpha value is -3.44. The minimum atomic E-state index is -3.66. The third kappa shape index (κ3) is 7.61. The number of carbonyl (C=O) groups is 3. The quantitative estimate of drug-likeness (QED) is 0.451. The van der Waals surface area contributed by atoms with Crippen molar-refractivity contribution in [1.29, 1.82) is 0 Å². The highest BCUT2D eigenvalue weighted by atomic mass is 32.2. The number of anilines is 1. The van der Waals surface area contributed by atoms with Crippen molar-refractivity contribution in [2.24, 2.45) is 5.73 Å². The molecule has 1 fully saturated rings. The Labute approximate surface area is 261 Å². The van der Waals surface area contributed by atoms with E-state index in [1.807, 2.05) is 38.1 Å². The first-order valence-electron chi connectivity index (χ1n) is 15.3. The number of sulfonamides is 1. The molecule has 44 heavy (non-hydrogen) atoms. The summed E-state index contributed by atoms with van der Waals surface area (Å²) in [5, 5.41) is 2.86. The van der Waals surface area contributed by atoms with E-state index in [4.69, 9.17) is 10.5 Å². The third-order valence-corrected chi connectivity index (χ3v) is 10.6. The molecule has 0 atom stereocenters. The van der Waals surface area contributed by atoms with E-state index in [0.717, 1.165) is 47.9 Å². The molecule has 4 rings (SSSR count). The number of nitrogens with two attached hydrogens (primary N) is 1. The lowest BCUT2D eigenvalue weighted by Crippen LogP contribution is -2.62. The number of benzene rings is 2. The van der Waals surface area contributed by atoms with Crippen LogP contribution in [0.1, 0.15) is 84.6 Å². The molecule has 0 radical (unpaired) electrons. The van der Waals surface area contributed by atoms with E-state index in [1.165, 1.54) is 14.8 Å². The van der Waals surface area contributed by atoms with Crippen molar-refractivity contribution in [3.63, 3.8) is 0 Å². The predicted octanol–water partition coefficient (Wildman–Crippen LogP) is 4.18. The molecule has 3 N–H and O–H groups in total. The van der Waals surface area contributed by atoms with Crippen LogP contribution in [0.2, 0.25) is 0 Å². The normalized spacial score (nSPS) is 17.0. The van der Waals surface area contributed by atoms with Gasteiger partial charge in [0.05, 0.1) is 5.75 Å². The average Bonchev–Trinajstić information content (AvgIpc) is 2.95. The number of ether oxygens (including phenoxy) is 1. The van der Waals surface area contributed by atoms with Crippen molar-refractivity contribution >= 4 is 33.6 Å². The maximum absolute atomic E-state index is 13.4. The van der Waals surface area contributed by atoms with Gasteiger partial charge < -0.3 is 15.8 Å². The highest BCUT2D eigenvalue weighted by molar-refractivity contribution is 7.89. The molecule has 10 nitrogen and oxygen atoms in total. The highest BCUT2D eigenvalue weighted by Crippen LogP contribution is 2.28. The van der Waals surface area contributed by atoms with Crippen molar-refractivity contribution in [3.8, 4) is 0 Å². The number of fused-ring (bicyclic) bond motifs is 1. The Morgan fingerprint density at radius 1 is 1.00 bits per heavy atom. The Morgan fingerprint density at radius 3 is 2.16 bits per heavy atom. The second-order valence-electron chi connectivity index (χ2n) is 13.2. The Kier molecular flexibility index (Phi) is 9.80. The molecular formula is C33H46N4O6S. The monoisotopic (exact) mass is 626 g/mol. The van der Waals surface area contributed by atoms with Gasteiger partial charge in [0.15, 0.2) is 0 Å². The zero-order valence-corrected chi connectivity index (χ0v) is 27.6. The van der Waals surface area contributed by atoms with Crippen LogP contribution in [0.5, 0.6) is 0 Å². The summed E-state index contributed by atoms with van der Waals surface area (Å²) in [6, 6.07) is 9.36. The van der Waals surface area contributed by atoms with E-state index in [-0.39, 0.29) is 37.6 Å². The fraction of sp³-hybridized carbons (Fsp3) is 0.545. The molecule has 1 aliphatic carbocycles. The van der Waals surface area contributed by atoms with Crippen molar-refractivity contribution < 1.29 is 27.5 Å². The van der Waals surface area contributed by atoms with Crippen LogP contribution in [0, 0.1) is 13.8 Å². The Balaban J connectivity index is 1.39. The molecule has 240 valence electrons. The number of hydrogen-bond donors (Lipinski definition) is 2. The van der Waals surface area contributed by atoms with Gasteiger partial charge in [-0.25, -0.2) is 17.5 Å². The summed E-state index contributed by atoms with van der Waals surface area (Å²) in [6.45, 7) is 9.37.